The van der Waals surface area contributed by atoms with E-state index < -0.39 is 6.09 Å². The molecule has 0 unspecified atom stereocenters. The number of carbonyl (C=O) groups is 3. The zero-order chi connectivity index (χ0) is 25.5. The number of hydrogen-bond acceptors (Lipinski definition) is 7. The van der Waals surface area contributed by atoms with Gasteiger partial charge < -0.3 is 9.64 Å². The number of nitrogens with zero attached hydrogens (tertiary/aromatic N) is 5. The Morgan fingerprint density at radius 3 is 2.33 bits per heavy atom. The molecular weight excluding hydrogens is 458 g/mol. The first-order valence-electron chi connectivity index (χ1n) is 12.7. The van der Waals surface area contributed by atoms with Gasteiger partial charge in [0.2, 0.25) is 17.7 Å². The van der Waals surface area contributed by atoms with Crippen molar-refractivity contribution in [1.29, 1.82) is 0 Å². The zero-order valence-corrected chi connectivity index (χ0v) is 21.2. The highest BCUT2D eigenvalue weighted by molar-refractivity contribution is 5.98. The molecule has 4 rings (SSSR count). The second-order valence-electron chi connectivity index (χ2n) is 10.3. The van der Waals surface area contributed by atoms with E-state index in [0.29, 0.717) is 38.9 Å². The minimum atomic E-state index is -0.393. The summed E-state index contributed by atoms with van der Waals surface area (Å²) in [6.07, 6.45) is 6.32. The van der Waals surface area contributed by atoms with Crippen molar-refractivity contribution in [2.75, 3.05) is 39.3 Å². The summed E-state index contributed by atoms with van der Waals surface area (Å²) in [6, 6.07) is 9.46. The molecule has 4 heterocycles. The highest BCUT2D eigenvalue weighted by atomic mass is 16.6. The number of carbonyl (C=O) groups excluding carboxylic acids is 3. The van der Waals surface area contributed by atoms with Crippen LogP contribution >= 0.6 is 0 Å². The largest absolute Gasteiger partial charge is 0.416 e. The monoisotopic (exact) mass is 493 g/mol. The Morgan fingerprint density at radius 1 is 0.944 bits per heavy atom. The molecule has 2 aromatic rings. The van der Waals surface area contributed by atoms with Gasteiger partial charge in [-0.3, -0.25) is 24.4 Å². The molecule has 2 aromatic heterocycles. The molecule has 0 aromatic carbocycles. The van der Waals surface area contributed by atoms with Crippen LogP contribution < -0.4 is 4.74 Å². The van der Waals surface area contributed by atoms with Crippen molar-refractivity contribution in [3.8, 4) is 5.88 Å². The Morgan fingerprint density at radius 2 is 1.69 bits per heavy atom. The fourth-order valence-corrected chi connectivity index (χ4v) is 4.66. The summed E-state index contributed by atoms with van der Waals surface area (Å²) in [7, 11) is 0. The number of amides is 3. The van der Waals surface area contributed by atoms with Gasteiger partial charge >= 0.3 is 6.09 Å². The molecule has 2 aliphatic heterocycles. The van der Waals surface area contributed by atoms with Crippen LogP contribution in [0.3, 0.4) is 0 Å². The van der Waals surface area contributed by atoms with Gasteiger partial charge in [0.25, 0.3) is 0 Å². The number of imide groups is 1. The minimum Gasteiger partial charge on any atom is -0.391 e. The number of hydrogen-bond donors (Lipinski definition) is 0. The van der Waals surface area contributed by atoms with Gasteiger partial charge in [0.05, 0.1) is 0 Å². The van der Waals surface area contributed by atoms with Gasteiger partial charge in [-0.15, -0.1) is 0 Å². The maximum atomic E-state index is 12.6. The number of ether oxygens (including phenoxy) is 1. The van der Waals surface area contributed by atoms with Gasteiger partial charge in [-0.25, -0.2) is 9.78 Å². The van der Waals surface area contributed by atoms with Crippen LogP contribution in [0, 0.1) is 5.41 Å². The van der Waals surface area contributed by atoms with Crippen molar-refractivity contribution in [2.45, 2.75) is 46.0 Å². The van der Waals surface area contributed by atoms with Crippen molar-refractivity contribution in [2.24, 2.45) is 5.41 Å². The Balaban J connectivity index is 1.17. The molecule has 0 N–H and O–H groups in total. The smallest absolute Gasteiger partial charge is 0.391 e. The summed E-state index contributed by atoms with van der Waals surface area (Å²) in [5.74, 6) is -0.000431. The average molecular weight is 494 g/mol. The number of pyridine rings is 2. The molecule has 2 fully saturated rings. The van der Waals surface area contributed by atoms with Crippen molar-refractivity contribution in [3.63, 3.8) is 0 Å². The summed E-state index contributed by atoms with van der Waals surface area (Å²) in [5.41, 5.74) is 1.71. The predicted octanol–water partition coefficient (Wildman–Crippen LogP) is 2.94. The van der Waals surface area contributed by atoms with Crippen LogP contribution in [0.4, 0.5) is 4.79 Å². The summed E-state index contributed by atoms with van der Waals surface area (Å²) in [4.78, 5) is 51.2. The highest BCUT2D eigenvalue weighted by Gasteiger charge is 2.37. The Hall–Kier alpha value is -3.33. The van der Waals surface area contributed by atoms with Crippen LogP contribution in [-0.2, 0) is 22.4 Å². The molecule has 0 spiro atoms. The molecule has 0 bridgehead atoms. The summed E-state index contributed by atoms with van der Waals surface area (Å²) < 4.78 is 5.47. The quantitative estimate of drug-likeness (QED) is 0.522. The fraction of sp³-hybridized carbons (Fsp3) is 0.519. The number of piperidine rings is 1. The Kier molecular flexibility index (Phi) is 8.30. The van der Waals surface area contributed by atoms with Gasteiger partial charge in [0.1, 0.15) is 0 Å². The second-order valence-corrected chi connectivity index (χ2v) is 10.3. The van der Waals surface area contributed by atoms with Gasteiger partial charge in [-0.05, 0) is 48.9 Å². The first-order valence-corrected chi connectivity index (χ1v) is 12.7. The van der Waals surface area contributed by atoms with E-state index in [1.807, 2.05) is 44.3 Å². The van der Waals surface area contributed by atoms with Crippen molar-refractivity contribution in [1.82, 2.24) is 24.7 Å². The van der Waals surface area contributed by atoms with Crippen LogP contribution in [0.25, 0.3) is 0 Å². The van der Waals surface area contributed by atoms with E-state index in [1.165, 1.54) is 4.90 Å². The lowest BCUT2D eigenvalue weighted by Gasteiger charge is -2.34. The van der Waals surface area contributed by atoms with Crippen LogP contribution in [0.1, 0.15) is 44.4 Å². The van der Waals surface area contributed by atoms with Gasteiger partial charge in [0, 0.05) is 69.7 Å². The standard InChI is InChI=1S/C27H35N5O4/c1-27(2)18-24(33)32(25(34)19-27)13-10-21-8-9-23(29-20-21)36-26(35)31-16-14-30(15-17-31)12-5-7-22-6-3-4-11-28-22/h3-4,6,8-9,11,20H,5,7,10,12-19H2,1-2H3. The second kappa shape index (κ2) is 11.6. The SMILES string of the molecule is CC1(C)CC(=O)N(CCc2ccc(OC(=O)N3CCN(CCCc4ccccn4)CC3)nc2)C(=O)C1. The lowest BCUT2D eigenvalue weighted by Crippen LogP contribution is -2.49. The van der Waals surface area contributed by atoms with E-state index in [2.05, 4.69) is 14.9 Å². The molecule has 0 radical (unpaired) electrons. The zero-order valence-electron chi connectivity index (χ0n) is 21.2. The average Bonchev–Trinajstić information content (AvgIpc) is 2.85. The number of likely N-dealkylation sites (tertiary alicyclic amines) is 1. The van der Waals surface area contributed by atoms with E-state index in [1.54, 1.807) is 17.2 Å². The third-order valence-corrected chi connectivity index (χ3v) is 6.74. The molecule has 9 heteroatoms. The normalized spacial score (nSPS) is 18.4. The predicted molar refractivity (Wildman–Crippen MR) is 134 cm³/mol. The lowest BCUT2D eigenvalue weighted by molar-refractivity contribution is -0.152. The lowest BCUT2D eigenvalue weighted by atomic mass is 9.81. The molecule has 3 amide bonds. The third-order valence-electron chi connectivity index (χ3n) is 6.74. The first-order chi connectivity index (χ1) is 17.3. The maximum absolute atomic E-state index is 12.6. The van der Waals surface area contributed by atoms with Crippen LogP contribution in [-0.4, -0.2) is 81.8 Å². The minimum absolute atomic E-state index is 0.122. The van der Waals surface area contributed by atoms with Crippen LogP contribution in [0.15, 0.2) is 42.7 Å². The molecule has 2 aliphatic rings. The maximum Gasteiger partial charge on any atom is 0.416 e. The number of aryl methyl sites for hydroxylation is 1. The van der Waals surface area contributed by atoms with Crippen LogP contribution in [0.5, 0.6) is 5.88 Å². The van der Waals surface area contributed by atoms with Crippen molar-refractivity contribution >= 4 is 17.9 Å². The molecule has 0 aliphatic carbocycles. The molecule has 36 heavy (non-hydrogen) atoms. The molecular formula is C27H35N5O4. The van der Waals surface area contributed by atoms with Crippen molar-refractivity contribution in [3.05, 3.63) is 54.0 Å². The Labute approximate surface area is 212 Å². The van der Waals surface area contributed by atoms with E-state index in [4.69, 9.17) is 4.74 Å². The number of aromatic nitrogens is 2. The summed E-state index contributed by atoms with van der Waals surface area (Å²) >= 11 is 0. The highest BCUT2D eigenvalue weighted by Crippen LogP contribution is 2.31. The number of piperazine rings is 1. The molecule has 9 nitrogen and oxygen atoms in total. The van der Waals surface area contributed by atoms with Crippen molar-refractivity contribution < 1.29 is 19.1 Å². The molecule has 2 saturated heterocycles. The van der Waals surface area contributed by atoms with Gasteiger partial charge in [-0.1, -0.05) is 26.0 Å². The Bertz CT molecular complexity index is 1030. The fourth-order valence-electron chi connectivity index (χ4n) is 4.66. The molecule has 0 atom stereocenters. The third kappa shape index (κ3) is 7.10. The van der Waals surface area contributed by atoms with Crippen LogP contribution in [0.2, 0.25) is 0 Å². The summed E-state index contributed by atoms with van der Waals surface area (Å²) in [5, 5.41) is 0. The number of rotatable bonds is 8. The summed E-state index contributed by atoms with van der Waals surface area (Å²) in [6.45, 7) is 8.06. The van der Waals surface area contributed by atoms with Gasteiger partial charge in [0.15, 0.2) is 0 Å². The van der Waals surface area contributed by atoms with Gasteiger partial charge in [-0.2, -0.15) is 0 Å². The van der Waals surface area contributed by atoms with E-state index >= 15 is 0 Å². The topological polar surface area (TPSA) is 95.9 Å². The molecule has 0 saturated carbocycles. The van der Waals surface area contributed by atoms with E-state index in [-0.39, 0.29) is 23.1 Å². The van der Waals surface area contributed by atoms with E-state index in [9.17, 15) is 14.4 Å². The van der Waals surface area contributed by atoms with E-state index in [0.717, 1.165) is 43.7 Å². The molecule has 192 valence electrons. The first kappa shape index (κ1) is 25.8.